The van der Waals surface area contributed by atoms with Crippen molar-refractivity contribution in [3.05, 3.63) is 0 Å². The van der Waals surface area contributed by atoms with Crippen LogP contribution in [0, 0.1) is 5.92 Å². The van der Waals surface area contributed by atoms with Gasteiger partial charge in [0.1, 0.15) is 5.92 Å². The van der Waals surface area contributed by atoms with Gasteiger partial charge in [-0.1, -0.05) is 0 Å². The van der Waals surface area contributed by atoms with Crippen molar-refractivity contribution in [2.45, 2.75) is 19.4 Å². The van der Waals surface area contributed by atoms with E-state index in [1.807, 2.05) is 0 Å². The minimum Gasteiger partial charge on any atom is -0.481 e. The van der Waals surface area contributed by atoms with E-state index in [0.717, 1.165) is 0 Å². The lowest BCUT2D eigenvalue weighted by molar-refractivity contribution is -0.166. The van der Waals surface area contributed by atoms with Gasteiger partial charge in [-0.25, -0.2) is 4.79 Å². The molecule has 3 N–H and O–H groups in total. The summed E-state index contributed by atoms with van der Waals surface area (Å²) in [5.74, 6) is -5.95. The SMILES string of the molecule is CCOC(C(=O)O)C(CC(=O)O)C(=O)O. The minimum absolute atomic E-state index is 0.000363. The molecular formula is C8H12O7. The van der Waals surface area contributed by atoms with Gasteiger partial charge in [0.15, 0.2) is 6.10 Å². The van der Waals surface area contributed by atoms with Crippen LogP contribution in [0.3, 0.4) is 0 Å². The summed E-state index contributed by atoms with van der Waals surface area (Å²) in [5, 5.41) is 25.7. The van der Waals surface area contributed by atoms with Gasteiger partial charge in [-0.3, -0.25) is 9.59 Å². The Morgan fingerprint density at radius 1 is 1.13 bits per heavy atom. The van der Waals surface area contributed by atoms with Crippen LogP contribution in [-0.4, -0.2) is 45.9 Å². The third kappa shape index (κ3) is 4.41. The maximum atomic E-state index is 10.6. The van der Waals surface area contributed by atoms with Crippen LogP contribution >= 0.6 is 0 Å². The van der Waals surface area contributed by atoms with Gasteiger partial charge in [0.25, 0.3) is 0 Å². The Kier molecular flexibility index (Phi) is 5.32. The average Bonchev–Trinajstić information content (AvgIpc) is 2.09. The molecule has 0 amide bonds. The van der Waals surface area contributed by atoms with Gasteiger partial charge in [0, 0.05) is 6.61 Å². The second-order valence-electron chi connectivity index (χ2n) is 2.76. The summed E-state index contributed by atoms with van der Waals surface area (Å²) in [6.07, 6.45) is -2.42. The summed E-state index contributed by atoms with van der Waals surface area (Å²) in [4.78, 5) is 31.6. The zero-order chi connectivity index (χ0) is 12.0. The van der Waals surface area contributed by atoms with Gasteiger partial charge in [0.2, 0.25) is 0 Å². The Balaban J connectivity index is 4.74. The van der Waals surface area contributed by atoms with Crippen LogP contribution in [0.5, 0.6) is 0 Å². The molecule has 2 atom stereocenters. The van der Waals surface area contributed by atoms with Crippen molar-refractivity contribution >= 4 is 17.9 Å². The number of carboxylic acid groups (broad SMARTS) is 3. The Hall–Kier alpha value is -1.63. The van der Waals surface area contributed by atoms with E-state index in [4.69, 9.17) is 15.3 Å². The van der Waals surface area contributed by atoms with Gasteiger partial charge < -0.3 is 20.1 Å². The average molecular weight is 220 g/mol. The number of hydrogen-bond donors (Lipinski definition) is 3. The zero-order valence-corrected chi connectivity index (χ0v) is 8.04. The highest BCUT2D eigenvalue weighted by Crippen LogP contribution is 2.14. The van der Waals surface area contributed by atoms with Crippen molar-refractivity contribution < 1.29 is 34.4 Å². The first-order valence-electron chi connectivity index (χ1n) is 4.19. The summed E-state index contributed by atoms with van der Waals surface area (Å²) in [5.41, 5.74) is 0. The third-order valence-corrected chi connectivity index (χ3v) is 1.67. The van der Waals surface area contributed by atoms with Gasteiger partial charge >= 0.3 is 17.9 Å². The van der Waals surface area contributed by atoms with Crippen molar-refractivity contribution in [2.24, 2.45) is 5.92 Å². The van der Waals surface area contributed by atoms with Crippen LogP contribution in [0.4, 0.5) is 0 Å². The van der Waals surface area contributed by atoms with Crippen molar-refractivity contribution in [3.63, 3.8) is 0 Å². The fourth-order valence-corrected chi connectivity index (χ4v) is 1.05. The highest BCUT2D eigenvalue weighted by Gasteiger charge is 2.36. The van der Waals surface area contributed by atoms with Crippen molar-refractivity contribution in [1.29, 1.82) is 0 Å². The van der Waals surface area contributed by atoms with E-state index in [0.29, 0.717) is 0 Å². The van der Waals surface area contributed by atoms with Crippen LogP contribution in [0.1, 0.15) is 13.3 Å². The lowest BCUT2D eigenvalue weighted by Crippen LogP contribution is -2.38. The Morgan fingerprint density at radius 2 is 1.67 bits per heavy atom. The lowest BCUT2D eigenvalue weighted by Gasteiger charge is -2.18. The largest absolute Gasteiger partial charge is 0.481 e. The molecule has 7 heteroatoms. The molecule has 0 bridgehead atoms. The van der Waals surface area contributed by atoms with E-state index in [1.165, 1.54) is 6.92 Å². The number of ether oxygens (including phenoxy) is 1. The zero-order valence-electron chi connectivity index (χ0n) is 8.04. The fourth-order valence-electron chi connectivity index (χ4n) is 1.05. The fraction of sp³-hybridized carbons (Fsp3) is 0.625. The van der Waals surface area contributed by atoms with Gasteiger partial charge in [-0.2, -0.15) is 0 Å². The molecule has 0 heterocycles. The molecule has 0 saturated heterocycles. The van der Waals surface area contributed by atoms with Crippen molar-refractivity contribution in [1.82, 2.24) is 0 Å². The maximum Gasteiger partial charge on any atom is 0.333 e. The summed E-state index contributed by atoms with van der Waals surface area (Å²) in [6, 6.07) is 0. The molecule has 0 aliphatic carbocycles. The summed E-state index contributed by atoms with van der Waals surface area (Å²) in [6.45, 7) is 1.50. The molecule has 15 heavy (non-hydrogen) atoms. The lowest BCUT2D eigenvalue weighted by atomic mass is 9.98. The van der Waals surface area contributed by atoms with E-state index in [-0.39, 0.29) is 6.61 Å². The summed E-state index contributed by atoms with van der Waals surface area (Å²) in [7, 11) is 0. The number of carbonyl (C=O) groups is 3. The molecule has 0 aliphatic heterocycles. The first-order chi connectivity index (χ1) is 6.90. The first-order valence-corrected chi connectivity index (χ1v) is 4.19. The van der Waals surface area contributed by atoms with Crippen molar-refractivity contribution in [2.75, 3.05) is 6.61 Å². The van der Waals surface area contributed by atoms with Crippen LogP contribution in [-0.2, 0) is 19.1 Å². The quantitative estimate of drug-likeness (QED) is 0.536. The summed E-state index contributed by atoms with van der Waals surface area (Å²) < 4.78 is 4.68. The second-order valence-corrected chi connectivity index (χ2v) is 2.76. The first kappa shape index (κ1) is 13.4. The van der Waals surface area contributed by atoms with Crippen LogP contribution < -0.4 is 0 Å². The molecule has 0 fully saturated rings. The highest BCUT2D eigenvalue weighted by molar-refractivity contribution is 5.85. The molecule has 0 aromatic heterocycles. The van der Waals surface area contributed by atoms with Crippen LogP contribution in [0.15, 0.2) is 0 Å². The molecule has 0 spiro atoms. The molecule has 0 radical (unpaired) electrons. The molecule has 7 nitrogen and oxygen atoms in total. The number of rotatable bonds is 7. The monoisotopic (exact) mass is 220 g/mol. The minimum atomic E-state index is -1.64. The van der Waals surface area contributed by atoms with Gasteiger partial charge in [-0.15, -0.1) is 0 Å². The number of carboxylic acids is 3. The second kappa shape index (κ2) is 5.97. The van der Waals surface area contributed by atoms with E-state index in [9.17, 15) is 14.4 Å². The molecule has 0 saturated carbocycles. The topological polar surface area (TPSA) is 121 Å². The molecule has 0 aromatic rings. The van der Waals surface area contributed by atoms with Crippen LogP contribution in [0.2, 0.25) is 0 Å². The smallest absolute Gasteiger partial charge is 0.333 e. The predicted octanol–water partition coefficient (Wildman–Crippen LogP) is -0.348. The van der Waals surface area contributed by atoms with E-state index < -0.39 is 36.4 Å². The molecule has 86 valence electrons. The third-order valence-electron chi connectivity index (χ3n) is 1.67. The molecule has 0 aromatic carbocycles. The van der Waals surface area contributed by atoms with Crippen molar-refractivity contribution in [3.8, 4) is 0 Å². The van der Waals surface area contributed by atoms with Crippen LogP contribution in [0.25, 0.3) is 0 Å². The van der Waals surface area contributed by atoms with Gasteiger partial charge in [-0.05, 0) is 6.92 Å². The standard InChI is InChI=1S/C8H12O7/c1-2-15-6(8(13)14)4(7(11)12)3-5(9)10/h4,6H,2-3H2,1H3,(H,9,10)(H,11,12)(H,13,14). The highest BCUT2D eigenvalue weighted by atomic mass is 16.5. The summed E-state index contributed by atoms with van der Waals surface area (Å²) >= 11 is 0. The number of aliphatic carboxylic acids is 3. The van der Waals surface area contributed by atoms with Gasteiger partial charge in [0.05, 0.1) is 6.42 Å². The predicted molar refractivity (Wildman–Crippen MR) is 46.4 cm³/mol. The van der Waals surface area contributed by atoms with E-state index >= 15 is 0 Å². The Labute approximate surface area is 85.3 Å². The molecular weight excluding hydrogens is 208 g/mol. The number of hydrogen-bond acceptors (Lipinski definition) is 4. The maximum absolute atomic E-state index is 10.6. The van der Waals surface area contributed by atoms with E-state index in [2.05, 4.69) is 4.74 Å². The Morgan fingerprint density at radius 3 is 1.93 bits per heavy atom. The molecule has 2 unspecified atom stereocenters. The Bertz CT molecular complexity index is 260. The molecule has 0 rings (SSSR count). The normalized spacial score (nSPS) is 14.2. The molecule has 0 aliphatic rings. The van der Waals surface area contributed by atoms with E-state index in [1.54, 1.807) is 0 Å².